The molecule has 0 spiro atoms. The molecule has 1 aliphatic rings. The van der Waals surface area contributed by atoms with Crippen LogP contribution in [-0.2, 0) is 26.8 Å². The number of nitrogens with zero attached hydrogens (tertiary/aromatic N) is 1. The van der Waals surface area contributed by atoms with E-state index < -0.39 is 16.1 Å². The molecule has 1 amide bonds. The molecule has 0 saturated carbocycles. The molecule has 1 atom stereocenters. The number of nitrogens with one attached hydrogen (secondary N) is 1. The Bertz CT molecular complexity index is 1100. The van der Waals surface area contributed by atoms with Gasteiger partial charge in [0.2, 0.25) is 15.9 Å². The van der Waals surface area contributed by atoms with Crippen molar-refractivity contribution in [1.82, 2.24) is 9.62 Å². The van der Waals surface area contributed by atoms with E-state index in [9.17, 15) is 13.2 Å². The van der Waals surface area contributed by atoms with Crippen molar-refractivity contribution in [2.75, 3.05) is 20.8 Å². The fourth-order valence-corrected chi connectivity index (χ4v) is 5.74. The highest BCUT2D eigenvalue weighted by Gasteiger charge is 2.37. The molecule has 2 aromatic carbocycles. The van der Waals surface area contributed by atoms with Gasteiger partial charge in [-0.3, -0.25) is 4.79 Å². The lowest BCUT2D eigenvalue weighted by molar-refractivity contribution is -0.124. The number of hydrogen-bond acceptors (Lipinski definition) is 5. The summed E-state index contributed by atoms with van der Waals surface area (Å²) in [5.74, 6) is 0.807. The summed E-state index contributed by atoms with van der Waals surface area (Å²) < 4.78 is 39.8. The number of hydrogen-bond donors (Lipinski definition) is 1. The third kappa shape index (κ3) is 5.55. The van der Waals surface area contributed by atoms with E-state index >= 15 is 0 Å². The van der Waals surface area contributed by atoms with Crippen LogP contribution in [0.5, 0.6) is 11.5 Å². The third-order valence-corrected chi connectivity index (χ3v) is 8.64. The molecule has 1 N–H and O–H groups in total. The molecule has 1 fully saturated rings. The average Bonchev–Trinajstić information content (AvgIpc) is 3.06. The maximum Gasteiger partial charge on any atom is 0.244 e. The molecule has 34 heavy (non-hydrogen) atoms. The van der Waals surface area contributed by atoms with E-state index in [4.69, 9.17) is 9.47 Å². The van der Waals surface area contributed by atoms with Gasteiger partial charge in [0.25, 0.3) is 0 Å². The van der Waals surface area contributed by atoms with E-state index in [0.29, 0.717) is 30.0 Å². The molecule has 1 saturated heterocycles. The highest BCUT2D eigenvalue weighted by molar-refractivity contribution is 7.89. The fourth-order valence-electron chi connectivity index (χ4n) is 4.14. The van der Waals surface area contributed by atoms with Crippen molar-refractivity contribution in [2.24, 2.45) is 0 Å². The van der Waals surface area contributed by atoms with Crippen molar-refractivity contribution < 1.29 is 22.7 Å². The van der Waals surface area contributed by atoms with Gasteiger partial charge in [-0.05, 0) is 66.5 Å². The van der Waals surface area contributed by atoms with Gasteiger partial charge in [-0.2, -0.15) is 4.31 Å². The van der Waals surface area contributed by atoms with E-state index in [1.165, 1.54) is 11.4 Å². The van der Waals surface area contributed by atoms with E-state index in [-0.39, 0.29) is 22.8 Å². The minimum Gasteiger partial charge on any atom is -0.493 e. The number of sulfonamides is 1. The molecule has 1 unspecified atom stereocenters. The molecule has 0 aromatic heterocycles. The van der Waals surface area contributed by atoms with E-state index in [2.05, 4.69) is 26.1 Å². The number of rotatable bonds is 9. The van der Waals surface area contributed by atoms with Crippen LogP contribution in [0.3, 0.4) is 0 Å². The van der Waals surface area contributed by atoms with Gasteiger partial charge in [-0.25, -0.2) is 8.42 Å². The van der Waals surface area contributed by atoms with Gasteiger partial charge in [0.15, 0.2) is 11.5 Å². The summed E-state index contributed by atoms with van der Waals surface area (Å²) in [4.78, 5) is 13.1. The second kappa shape index (κ2) is 10.8. The maximum atomic E-state index is 13.9. The summed E-state index contributed by atoms with van der Waals surface area (Å²) in [5.41, 5.74) is 1.73. The summed E-state index contributed by atoms with van der Waals surface area (Å²) in [5, 5.41) is 2.87. The minimum absolute atomic E-state index is 0.0446. The van der Waals surface area contributed by atoms with Crippen LogP contribution < -0.4 is 14.8 Å². The zero-order valence-corrected chi connectivity index (χ0v) is 21.6. The largest absolute Gasteiger partial charge is 0.493 e. The molecule has 0 aliphatic carbocycles. The molecule has 0 radical (unpaired) electrons. The Hall–Kier alpha value is -2.58. The molecular weight excluding hydrogens is 452 g/mol. The first-order valence-corrected chi connectivity index (χ1v) is 13.2. The first-order valence-electron chi connectivity index (χ1n) is 11.7. The summed E-state index contributed by atoms with van der Waals surface area (Å²) in [6, 6.07) is 11.6. The van der Waals surface area contributed by atoms with Crippen molar-refractivity contribution in [3.63, 3.8) is 0 Å². The van der Waals surface area contributed by atoms with Crippen molar-refractivity contribution in [3.8, 4) is 11.5 Å². The Labute approximate surface area is 203 Å². The molecule has 186 valence electrons. The second-order valence-corrected chi connectivity index (χ2v) is 11.2. The lowest BCUT2D eigenvalue weighted by Crippen LogP contribution is -2.48. The Kier molecular flexibility index (Phi) is 8.25. The average molecular weight is 489 g/mol. The summed E-state index contributed by atoms with van der Waals surface area (Å²) in [6.45, 7) is 6.98. The Morgan fingerprint density at radius 2 is 1.71 bits per heavy atom. The van der Waals surface area contributed by atoms with Crippen LogP contribution in [0.15, 0.2) is 47.4 Å². The highest BCUT2D eigenvalue weighted by atomic mass is 32.2. The van der Waals surface area contributed by atoms with Crippen LogP contribution in [0.4, 0.5) is 0 Å². The van der Waals surface area contributed by atoms with Gasteiger partial charge in [0.05, 0.1) is 19.1 Å². The van der Waals surface area contributed by atoms with E-state index in [1.54, 1.807) is 37.4 Å². The molecule has 8 heteroatoms. The number of benzene rings is 2. The highest BCUT2D eigenvalue weighted by Crippen LogP contribution is 2.32. The van der Waals surface area contributed by atoms with Gasteiger partial charge in [0.1, 0.15) is 6.04 Å². The monoisotopic (exact) mass is 488 g/mol. The molecule has 7 nitrogen and oxygen atoms in total. The Morgan fingerprint density at radius 1 is 1.03 bits per heavy atom. The number of methoxy groups -OCH3 is 2. The van der Waals surface area contributed by atoms with Crippen molar-refractivity contribution >= 4 is 15.9 Å². The minimum atomic E-state index is -3.95. The van der Waals surface area contributed by atoms with Crippen molar-refractivity contribution in [1.29, 1.82) is 0 Å². The van der Waals surface area contributed by atoms with E-state index in [1.807, 2.05) is 12.1 Å². The van der Waals surface area contributed by atoms with Crippen LogP contribution in [0.2, 0.25) is 0 Å². The molecule has 2 aromatic rings. The number of amides is 1. The van der Waals surface area contributed by atoms with Crippen molar-refractivity contribution in [3.05, 3.63) is 53.6 Å². The molecular formula is C26H36N2O5S. The van der Waals surface area contributed by atoms with Crippen LogP contribution in [0, 0.1) is 0 Å². The number of ether oxygens (including phenoxy) is 2. The smallest absolute Gasteiger partial charge is 0.244 e. The third-order valence-electron chi connectivity index (χ3n) is 6.77. The van der Waals surface area contributed by atoms with Crippen molar-refractivity contribution in [2.45, 2.75) is 69.4 Å². The predicted octanol–water partition coefficient (Wildman–Crippen LogP) is 4.25. The zero-order chi connectivity index (χ0) is 24.9. The first kappa shape index (κ1) is 26.0. The van der Waals surface area contributed by atoms with Gasteiger partial charge in [-0.1, -0.05) is 39.0 Å². The van der Waals surface area contributed by atoms with Crippen LogP contribution in [0.25, 0.3) is 0 Å². The molecule has 1 aliphatic heterocycles. The summed E-state index contributed by atoms with van der Waals surface area (Å²) in [6.07, 6.45) is 3.00. The predicted molar refractivity (Wildman–Crippen MR) is 133 cm³/mol. The lowest BCUT2D eigenvalue weighted by atomic mass is 9.82. The second-order valence-electron chi connectivity index (χ2n) is 9.30. The van der Waals surface area contributed by atoms with Crippen LogP contribution in [0.1, 0.15) is 57.6 Å². The normalized spacial score (nSPS) is 17.2. The standard InChI is InChI=1S/C26H36N2O5S/c1-6-26(2,3)20-11-13-21(14-12-20)34(30,31)28(22-9-7-8-16-27-25(22)29)18-19-10-15-23(32-4)24(17-19)33-5/h10-15,17,22H,6-9,16,18H2,1-5H3,(H,27,29). The Morgan fingerprint density at radius 3 is 2.32 bits per heavy atom. The molecule has 3 rings (SSSR count). The summed E-state index contributed by atoms with van der Waals surface area (Å²) >= 11 is 0. The fraction of sp³-hybridized carbons (Fsp3) is 0.500. The van der Waals surface area contributed by atoms with Gasteiger partial charge in [0, 0.05) is 13.1 Å². The number of carbonyl (C=O) groups is 1. The topological polar surface area (TPSA) is 84.9 Å². The molecule has 0 bridgehead atoms. The van der Waals surface area contributed by atoms with Crippen LogP contribution >= 0.6 is 0 Å². The van der Waals surface area contributed by atoms with Gasteiger partial charge in [-0.15, -0.1) is 0 Å². The first-order chi connectivity index (χ1) is 16.1. The maximum absolute atomic E-state index is 13.9. The number of carbonyl (C=O) groups excluding carboxylic acids is 1. The molecule has 1 heterocycles. The van der Waals surface area contributed by atoms with Gasteiger partial charge < -0.3 is 14.8 Å². The lowest BCUT2D eigenvalue weighted by Gasteiger charge is -2.30. The van der Waals surface area contributed by atoms with Gasteiger partial charge >= 0.3 is 0 Å². The zero-order valence-electron chi connectivity index (χ0n) is 20.8. The Balaban J connectivity index is 2.03. The quantitative estimate of drug-likeness (QED) is 0.570. The van der Waals surface area contributed by atoms with E-state index in [0.717, 1.165) is 24.8 Å². The van der Waals surface area contributed by atoms with Crippen LogP contribution in [-0.4, -0.2) is 45.4 Å². The SMILES string of the molecule is CCC(C)(C)c1ccc(S(=O)(=O)N(Cc2ccc(OC)c(OC)c2)C2CCCCNC2=O)cc1. The summed E-state index contributed by atoms with van der Waals surface area (Å²) in [7, 11) is -0.867.